The maximum atomic E-state index is 12.0. The molecular formula is C22H28N2O6S. The van der Waals surface area contributed by atoms with Gasteiger partial charge in [-0.05, 0) is 26.3 Å². The minimum absolute atomic E-state index is 0.190. The number of amides is 1. The third-order valence-corrected chi connectivity index (χ3v) is 5.46. The van der Waals surface area contributed by atoms with E-state index < -0.39 is 17.7 Å². The van der Waals surface area contributed by atoms with Crippen LogP contribution in [0.15, 0.2) is 35.7 Å². The number of carboxylic acid groups (broad SMARTS) is 1. The molecule has 3 rings (SSSR count). The van der Waals surface area contributed by atoms with Crippen molar-refractivity contribution in [2.24, 2.45) is 0 Å². The van der Waals surface area contributed by atoms with Gasteiger partial charge in [0.05, 0.1) is 19.3 Å². The molecule has 168 valence electrons. The van der Waals surface area contributed by atoms with Gasteiger partial charge in [-0.25, -0.2) is 9.59 Å². The van der Waals surface area contributed by atoms with Crippen molar-refractivity contribution < 1.29 is 28.9 Å². The van der Waals surface area contributed by atoms with E-state index in [0.29, 0.717) is 44.3 Å². The molecule has 1 atom stereocenters. The van der Waals surface area contributed by atoms with Crippen LogP contribution in [0.5, 0.6) is 5.75 Å². The molecule has 0 spiro atoms. The number of benzene rings is 1. The average Bonchev–Trinajstić information content (AvgIpc) is 3.13. The summed E-state index contributed by atoms with van der Waals surface area (Å²) < 4.78 is 17.0. The topological polar surface area (TPSA) is 97.3 Å². The van der Waals surface area contributed by atoms with Crippen molar-refractivity contribution in [2.45, 2.75) is 39.0 Å². The Balaban J connectivity index is 1.67. The third-order valence-electron chi connectivity index (χ3n) is 4.53. The van der Waals surface area contributed by atoms with E-state index in [-0.39, 0.29) is 10.9 Å². The molecule has 1 amide bonds. The first-order chi connectivity index (χ1) is 14.7. The monoisotopic (exact) mass is 448 g/mol. The maximum absolute atomic E-state index is 12.0. The van der Waals surface area contributed by atoms with Crippen LogP contribution in [0.4, 0.5) is 10.5 Å². The number of hydrogen-bond acceptors (Lipinski definition) is 7. The number of rotatable bonds is 8. The number of nitrogens with one attached hydrogen (secondary N) is 1. The van der Waals surface area contributed by atoms with Crippen molar-refractivity contribution in [3.05, 3.63) is 46.2 Å². The van der Waals surface area contributed by atoms with Crippen LogP contribution in [-0.2, 0) is 16.1 Å². The Morgan fingerprint density at radius 2 is 2.03 bits per heavy atom. The van der Waals surface area contributed by atoms with E-state index in [1.54, 1.807) is 26.2 Å². The van der Waals surface area contributed by atoms with E-state index in [1.165, 1.54) is 0 Å². The minimum atomic E-state index is -1.01. The molecule has 31 heavy (non-hydrogen) atoms. The van der Waals surface area contributed by atoms with Gasteiger partial charge >= 0.3 is 12.1 Å². The summed E-state index contributed by atoms with van der Waals surface area (Å²) in [6.45, 7) is 7.25. The van der Waals surface area contributed by atoms with Crippen LogP contribution in [0, 0.1) is 0 Å². The Hall–Kier alpha value is -2.78. The minimum Gasteiger partial charge on any atom is -0.488 e. The molecule has 0 unspecified atom stereocenters. The Bertz CT molecular complexity index is 893. The summed E-state index contributed by atoms with van der Waals surface area (Å²) in [5.41, 5.74) is 0.997. The fraction of sp³-hybridized carbons (Fsp3) is 0.455. The molecule has 1 aromatic carbocycles. The van der Waals surface area contributed by atoms with E-state index in [9.17, 15) is 14.7 Å². The summed E-state index contributed by atoms with van der Waals surface area (Å²) in [7, 11) is 0. The second-order valence-electron chi connectivity index (χ2n) is 8.17. The van der Waals surface area contributed by atoms with Crippen LogP contribution in [0.2, 0.25) is 0 Å². The molecular weight excluding hydrogens is 420 g/mol. The van der Waals surface area contributed by atoms with Gasteiger partial charge < -0.3 is 29.5 Å². The van der Waals surface area contributed by atoms with Crippen LogP contribution in [0.25, 0.3) is 0 Å². The highest BCUT2D eigenvalue weighted by Gasteiger charge is 2.33. The van der Waals surface area contributed by atoms with Crippen LogP contribution in [0.1, 0.15) is 36.0 Å². The first-order valence-corrected chi connectivity index (χ1v) is 11.0. The predicted octanol–water partition coefficient (Wildman–Crippen LogP) is 3.76. The van der Waals surface area contributed by atoms with Gasteiger partial charge in [-0.15, -0.1) is 11.3 Å². The Morgan fingerprint density at radius 3 is 2.71 bits per heavy atom. The van der Waals surface area contributed by atoms with Gasteiger partial charge in [0.15, 0.2) is 5.75 Å². The summed E-state index contributed by atoms with van der Waals surface area (Å²) in [6, 6.07) is 9.63. The highest BCUT2D eigenvalue weighted by Crippen LogP contribution is 2.41. The van der Waals surface area contributed by atoms with Crippen LogP contribution in [0.3, 0.4) is 0 Å². The quantitative estimate of drug-likeness (QED) is 0.635. The van der Waals surface area contributed by atoms with E-state index in [4.69, 9.17) is 14.2 Å². The average molecular weight is 449 g/mol. The Morgan fingerprint density at radius 1 is 1.29 bits per heavy atom. The standard InChI is InChI=1S/C22H28N2O6S/c1-22(2,3)30-21(27)23-9-10-24-16(12-28-11-15-7-5-4-6-8-15)13-29-17-14-31-19(18(17)24)20(25)26/h4-8,14,16H,9-13H2,1-3H3,(H,23,27)(H,25,26)/t16-/m1/s1. The first-order valence-electron chi connectivity index (χ1n) is 10.1. The van der Waals surface area contributed by atoms with E-state index >= 15 is 0 Å². The molecule has 0 radical (unpaired) electrons. The van der Waals surface area contributed by atoms with Gasteiger partial charge in [-0.1, -0.05) is 30.3 Å². The van der Waals surface area contributed by atoms with Crippen molar-refractivity contribution in [3.63, 3.8) is 0 Å². The van der Waals surface area contributed by atoms with Crippen molar-refractivity contribution >= 4 is 29.1 Å². The fourth-order valence-electron chi connectivity index (χ4n) is 3.23. The number of anilines is 1. The highest BCUT2D eigenvalue weighted by atomic mass is 32.1. The van der Waals surface area contributed by atoms with E-state index in [1.807, 2.05) is 35.2 Å². The number of carbonyl (C=O) groups excluding carboxylic acids is 1. The number of alkyl carbamates (subject to hydrolysis) is 1. The van der Waals surface area contributed by atoms with Gasteiger partial charge in [0.25, 0.3) is 0 Å². The van der Waals surface area contributed by atoms with Gasteiger partial charge in [0.1, 0.15) is 22.8 Å². The van der Waals surface area contributed by atoms with Crippen LogP contribution >= 0.6 is 11.3 Å². The van der Waals surface area contributed by atoms with Crippen molar-refractivity contribution in [2.75, 3.05) is 31.2 Å². The summed E-state index contributed by atoms with van der Waals surface area (Å²) >= 11 is 1.13. The van der Waals surface area contributed by atoms with Gasteiger partial charge in [0.2, 0.25) is 0 Å². The van der Waals surface area contributed by atoms with Crippen LogP contribution < -0.4 is 15.0 Å². The number of nitrogens with zero attached hydrogens (tertiary/aromatic N) is 1. The molecule has 9 heteroatoms. The normalized spacial score (nSPS) is 15.7. The molecule has 2 aromatic rings. The molecule has 0 saturated heterocycles. The lowest BCUT2D eigenvalue weighted by molar-refractivity contribution is 0.0526. The number of fused-ring (bicyclic) bond motifs is 1. The summed E-state index contributed by atoms with van der Waals surface area (Å²) in [6.07, 6.45) is -0.512. The first kappa shape index (κ1) is 22.9. The van der Waals surface area contributed by atoms with Gasteiger partial charge in [0, 0.05) is 18.5 Å². The summed E-state index contributed by atoms with van der Waals surface area (Å²) in [5.74, 6) is -0.468. The number of carboxylic acids is 1. The van der Waals surface area contributed by atoms with Crippen molar-refractivity contribution in [3.8, 4) is 5.75 Å². The second-order valence-corrected chi connectivity index (χ2v) is 9.05. The second kappa shape index (κ2) is 10.0. The Labute approximate surface area is 185 Å². The lowest BCUT2D eigenvalue weighted by Gasteiger charge is -2.37. The van der Waals surface area contributed by atoms with E-state index in [2.05, 4.69) is 5.32 Å². The fourth-order valence-corrected chi connectivity index (χ4v) is 4.07. The summed E-state index contributed by atoms with van der Waals surface area (Å²) in [5, 5.41) is 14.0. The summed E-state index contributed by atoms with van der Waals surface area (Å²) in [4.78, 5) is 25.9. The number of ether oxygens (including phenoxy) is 3. The number of thiophene rings is 1. The number of hydrogen-bond donors (Lipinski definition) is 2. The zero-order chi connectivity index (χ0) is 22.4. The van der Waals surface area contributed by atoms with Gasteiger partial charge in [-0.2, -0.15) is 0 Å². The number of carbonyl (C=O) groups is 2. The SMILES string of the molecule is CC(C)(C)OC(=O)NCCN1c2c(csc2C(=O)O)OC[C@H]1COCc1ccccc1. The molecule has 1 aromatic heterocycles. The maximum Gasteiger partial charge on any atom is 0.407 e. The zero-order valence-corrected chi connectivity index (χ0v) is 18.7. The molecule has 1 aliphatic heterocycles. The lowest BCUT2D eigenvalue weighted by Crippen LogP contribution is -2.49. The molecule has 0 bridgehead atoms. The third kappa shape index (κ3) is 6.35. The highest BCUT2D eigenvalue weighted by molar-refractivity contribution is 7.13. The predicted molar refractivity (Wildman–Crippen MR) is 118 cm³/mol. The molecule has 0 saturated carbocycles. The van der Waals surface area contributed by atoms with Crippen molar-refractivity contribution in [1.82, 2.24) is 5.32 Å². The molecule has 1 aliphatic rings. The Kier molecular flexibility index (Phi) is 7.40. The van der Waals surface area contributed by atoms with E-state index in [0.717, 1.165) is 16.9 Å². The molecule has 8 nitrogen and oxygen atoms in total. The zero-order valence-electron chi connectivity index (χ0n) is 17.9. The molecule has 2 N–H and O–H groups in total. The van der Waals surface area contributed by atoms with Crippen LogP contribution in [-0.4, -0.2) is 55.1 Å². The largest absolute Gasteiger partial charge is 0.488 e. The molecule has 0 aliphatic carbocycles. The van der Waals surface area contributed by atoms with Crippen molar-refractivity contribution in [1.29, 1.82) is 0 Å². The smallest absolute Gasteiger partial charge is 0.407 e. The molecule has 0 fully saturated rings. The van der Waals surface area contributed by atoms with Gasteiger partial charge in [-0.3, -0.25) is 0 Å². The molecule has 2 heterocycles. The number of aromatic carboxylic acids is 1. The lowest BCUT2D eigenvalue weighted by atomic mass is 10.2.